The molecule has 1 aromatic heterocycles. The Morgan fingerprint density at radius 1 is 0.933 bits per heavy atom. The molecule has 6 nitrogen and oxygen atoms in total. The van der Waals surface area contributed by atoms with Gasteiger partial charge in [0.05, 0.1) is 19.8 Å². The zero-order valence-corrected chi connectivity index (χ0v) is 17.8. The second kappa shape index (κ2) is 9.08. The van der Waals surface area contributed by atoms with E-state index in [-0.39, 0.29) is 5.92 Å². The highest BCUT2D eigenvalue weighted by Crippen LogP contribution is 2.27. The molecule has 2 aromatic rings. The minimum absolute atomic E-state index is 0.215. The predicted octanol–water partition coefficient (Wildman–Crippen LogP) is 2.97. The van der Waals surface area contributed by atoms with Gasteiger partial charge in [0.25, 0.3) is 0 Å². The lowest BCUT2D eigenvalue weighted by Crippen LogP contribution is -2.50. The van der Waals surface area contributed by atoms with Gasteiger partial charge in [-0.1, -0.05) is 18.2 Å². The number of morpholine rings is 1. The number of fused-ring (bicyclic) bond motifs is 1. The van der Waals surface area contributed by atoms with Gasteiger partial charge < -0.3 is 19.0 Å². The first-order valence-electron chi connectivity index (χ1n) is 11.6. The molecule has 1 amide bonds. The van der Waals surface area contributed by atoms with Gasteiger partial charge in [0.2, 0.25) is 5.91 Å². The second-order valence-electron chi connectivity index (χ2n) is 9.01. The van der Waals surface area contributed by atoms with Crippen LogP contribution < -0.4 is 0 Å². The van der Waals surface area contributed by atoms with E-state index in [4.69, 9.17) is 9.15 Å². The summed E-state index contributed by atoms with van der Waals surface area (Å²) in [6.45, 7) is 8.18. The number of ether oxygens (including phenoxy) is 1. The van der Waals surface area contributed by atoms with Crippen LogP contribution in [0.4, 0.5) is 0 Å². The molecule has 0 saturated carbocycles. The van der Waals surface area contributed by atoms with Crippen LogP contribution in [-0.4, -0.2) is 79.1 Å². The normalized spacial score (nSPS) is 23.3. The number of hydrogen-bond donors (Lipinski definition) is 0. The Kier molecular flexibility index (Phi) is 6.07. The maximum Gasteiger partial charge on any atom is 0.225 e. The summed E-state index contributed by atoms with van der Waals surface area (Å²) in [5, 5.41) is 1.19. The van der Waals surface area contributed by atoms with Crippen molar-refractivity contribution in [3.63, 3.8) is 0 Å². The van der Waals surface area contributed by atoms with Crippen LogP contribution in [0.5, 0.6) is 0 Å². The highest BCUT2D eigenvalue weighted by Gasteiger charge is 2.33. The molecular formula is C24H33N3O3. The van der Waals surface area contributed by atoms with Crippen molar-refractivity contribution in [1.82, 2.24) is 14.7 Å². The van der Waals surface area contributed by atoms with Crippen LogP contribution in [-0.2, 0) is 16.1 Å². The Hall–Kier alpha value is -1.89. The number of hydrogen-bond acceptors (Lipinski definition) is 5. The van der Waals surface area contributed by atoms with E-state index >= 15 is 0 Å². The first kappa shape index (κ1) is 20.0. The maximum atomic E-state index is 12.8. The number of carbonyl (C=O) groups excluding carboxylic acids is 1. The first-order chi connectivity index (χ1) is 14.8. The molecule has 6 heteroatoms. The number of carbonyl (C=O) groups is 1. The van der Waals surface area contributed by atoms with Crippen molar-refractivity contribution >= 4 is 16.9 Å². The third-order valence-electron chi connectivity index (χ3n) is 7.13. The lowest BCUT2D eigenvalue weighted by atomic mass is 9.92. The summed E-state index contributed by atoms with van der Waals surface area (Å²) in [6, 6.07) is 11.1. The van der Waals surface area contributed by atoms with Gasteiger partial charge in [-0.3, -0.25) is 9.69 Å². The number of benzene rings is 1. The zero-order valence-electron chi connectivity index (χ0n) is 17.8. The number of amides is 1. The van der Waals surface area contributed by atoms with Crippen molar-refractivity contribution in [2.24, 2.45) is 5.92 Å². The minimum atomic E-state index is 0.215. The molecule has 30 heavy (non-hydrogen) atoms. The van der Waals surface area contributed by atoms with Crippen LogP contribution in [0, 0.1) is 5.92 Å². The van der Waals surface area contributed by atoms with E-state index in [1.807, 2.05) is 17.0 Å². The third kappa shape index (κ3) is 4.41. The average Bonchev–Trinajstić information content (AvgIpc) is 3.22. The number of furan rings is 1. The minimum Gasteiger partial charge on any atom is -0.460 e. The monoisotopic (exact) mass is 411 g/mol. The van der Waals surface area contributed by atoms with Crippen LogP contribution in [0.15, 0.2) is 34.7 Å². The molecule has 0 N–H and O–H groups in total. The fourth-order valence-corrected chi connectivity index (χ4v) is 5.33. The van der Waals surface area contributed by atoms with E-state index in [1.165, 1.54) is 18.2 Å². The molecule has 0 atom stereocenters. The summed E-state index contributed by atoms with van der Waals surface area (Å²) in [5.74, 6) is 1.64. The lowest BCUT2D eigenvalue weighted by Gasteiger charge is -2.42. The predicted molar refractivity (Wildman–Crippen MR) is 116 cm³/mol. The Labute approximate surface area is 178 Å². The molecule has 0 radical (unpaired) electrons. The number of piperidine rings is 2. The summed E-state index contributed by atoms with van der Waals surface area (Å²) >= 11 is 0. The number of nitrogens with zero attached hydrogens (tertiary/aromatic N) is 3. The van der Waals surface area contributed by atoms with Gasteiger partial charge in [-0.25, -0.2) is 0 Å². The fraction of sp³-hybridized carbons (Fsp3) is 0.625. The zero-order chi connectivity index (χ0) is 20.3. The highest BCUT2D eigenvalue weighted by molar-refractivity contribution is 5.79. The van der Waals surface area contributed by atoms with Gasteiger partial charge in [0.1, 0.15) is 11.3 Å². The van der Waals surface area contributed by atoms with Crippen molar-refractivity contribution in [1.29, 1.82) is 0 Å². The van der Waals surface area contributed by atoms with Gasteiger partial charge in [-0.15, -0.1) is 0 Å². The first-order valence-corrected chi connectivity index (χ1v) is 11.6. The third-order valence-corrected chi connectivity index (χ3v) is 7.13. The Balaban J connectivity index is 1.07. The van der Waals surface area contributed by atoms with E-state index < -0.39 is 0 Å². The summed E-state index contributed by atoms with van der Waals surface area (Å²) in [5.41, 5.74) is 0.983. The van der Waals surface area contributed by atoms with Crippen LogP contribution in [0.1, 0.15) is 31.4 Å². The molecule has 3 saturated heterocycles. The van der Waals surface area contributed by atoms with E-state index in [0.29, 0.717) is 25.2 Å². The van der Waals surface area contributed by atoms with Gasteiger partial charge in [-0.2, -0.15) is 0 Å². The molecule has 3 aliphatic rings. The maximum absolute atomic E-state index is 12.8. The van der Waals surface area contributed by atoms with Crippen molar-refractivity contribution in [3.05, 3.63) is 36.1 Å². The van der Waals surface area contributed by atoms with Gasteiger partial charge in [0.15, 0.2) is 0 Å². The van der Waals surface area contributed by atoms with Gasteiger partial charge >= 0.3 is 0 Å². The summed E-state index contributed by atoms with van der Waals surface area (Å²) in [4.78, 5) is 19.9. The quantitative estimate of drug-likeness (QED) is 0.774. The average molecular weight is 412 g/mol. The van der Waals surface area contributed by atoms with E-state index in [1.54, 1.807) is 0 Å². The number of likely N-dealkylation sites (tertiary alicyclic amines) is 2. The lowest BCUT2D eigenvalue weighted by molar-refractivity contribution is -0.141. The SMILES string of the molecule is O=C(C1CCN(C2CCN(Cc3cc4ccccc4o3)CC2)CC1)N1CCOCC1. The molecule has 162 valence electrons. The molecule has 1 aromatic carbocycles. The van der Waals surface area contributed by atoms with Crippen molar-refractivity contribution in [2.45, 2.75) is 38.3 Å². The summed E-state index contributed by atoms with van der Waals surface area (Å²) < 4.78 is 11.4. The van der Waals surface area contributed by atoms with Crippen molar-refractivity contribution in [3.8, 4) is 0 Å². The van der Waals surface area contributed by atoms with Gasteiger partial charge in [-0.05, 0) is 50.9 Å². The topological polar surface area (TPSA) is 49.2 Å². The molecule has 5 rings (SSSR count). The summed E-state index contributed by atoms with van der Waals surface area (Å²) in [6.07, 6.45) is 4.44. The standard InChI is InChI=1S/C24H33N3O3/c28-24(27-13-15-29-16-14-27)19-5-11-26(12-6-19)21-7-9-25(10-8-21)18-22-17-20-3-1-2-4-23(20)30-22/h1-4,17,19,21H,5-16,18H2. The number of rotatable bonds is 4. The largest absolute Gasteiger partial charge is 0.460 e. The molecule has 3 fully saturated rings. The smallest absolute Gasteiger partial charge is 0.225 e. The van der Waals surface area contributed by atoms with Crippen LogP contribution in [0.3, 0.4) is 0 Å². The molecule has 3 aliphatic heterocycles. The fourth-order valence-electron chi connectivity index (χ4n) is 5.33. The Morgan fingerprint density at radius 3 is 2.40 bits per heavy atom. The van der Waals surface area contributed by atoms with Crippen LogP contribution >= 0.6 is 0 Å². The van der Waals surface area contributed by atoms with Gasteiger partial charge in [0, 0.05) is 43.5 Å². The second-order valence-corrected chi connectivity index (χ2v) is 9.01. The molecule has 0 bridgehead atoms. The molecule has 0 unspecified atom stereocenters. The number of para-hydroxylation sites is 1. The van der Waals surface area contributed by atoms with Crippen LogP contribution in [0.2, 0.25) is 0 Å². The van der Waals surface area contributed by atoms with Crippen LogP contribution in [0.25, 0.3) is 11.0 Å². The summed E-state index contributed by atoms with van der Waals surface area (Å²) in [7, 11) is 0. The molecule has 0 aliphatic carbocycles. The van der Waals surface area contributed by atoms with E-state index in [2.05, 4.69) is 28.0 Å². The Bertz CT molecular complexity index is 811. The van der Waals surface area contributed by atoms with Crippen molar-refractivity contribution < 1.29 is 13.9 Å². The van der Waals surface area contributed by atoms with Crippen molar-refractivity contribution in [2.75, 3.05) is 52.5 Å². The van der Waals surface area contributed by atoms with E-state index in [9.17, 15) is 4.79 Å². The molecule has 0 spiro atoms. The van der Waals surface area contributed by atoms with E-state index in [0.717, 1.165) is 70.0 Å². The Morgan fingerprint density at radius 2 is 1.67 bits per heavy atom. The highest BCUT2D eigenvalue weighted by atomic mass is 16.5. The molecule has 4 heterocycles. The molecular weight excluding hydrogens is 378 g/mol.